The third-order valence-electron chi connectivity index (χ3n) is 2.65. The van der Waals surface area contributed by atoms with Crippen molar-refractivity contribution in [3.8, 4) is 0 Å². The minimum Gasteiger partial charge on any atom is -0.396 e. The molecule has 0 heterocycles. The van der Waals surface area contributed by atoms with Gasteiger partial charge in [-0.1, -0.05) is 40.9 Å². The SMILES string of the molecule is Nc1c(Nc2cc(Cl)c(Cl)cc2Cl)cccc1S(N)(=O)=O. The van der Waals surface area contributed by atoms with E-state index in [4.69, 9.17) is 45.7 Å². The number of hydrogen-bond donors (Lipinski definition) is 3. The molecule has 0 atom stereocenters. The third kappa shape index (κ3) is 3.53. The fourth-order valence-corrected chi connectivity index (χ4v) is 2.94. The molecule has 2 aromatic carbocycles. The molecule has 0 radical (unpaired) electrons. The van der Waals surface area contributed by atoms with Crippen LogP contribution in [-0.4, -0.2) is 8.42 Å². The Kier molecular flexibility index (Phi) is 4.55. The number of halogens is 3. The molecule has 0 aliphatic heterocycles. The first kappa shape index (κ1) is 16.2. The van der Waals surface area contributed by atoms with Gasteiger partial charge in [-0.05, 0) is 24.3 Å². The van der Waals surface area contributed by atoms with Crippen LogP contribution in [0.2, 0.25) is 15.1 Å². The van der Waals surface area contributed by atoms with Gasteiger partial charge in [-0.15, -0.1) is 0 Å². The van der Waals surface area contributed by atoms with Crippen molar-refractivity contribution in [1.29, 1.82) is 0 Å². The number of rotatable bonds is 3. The van der Waals surface area contributed by atoms with Gasteiger partial charge in [0.1, 0.15) is 4.90 Å². The molecule has 0 spiro atoms. The first-order chi connectivity index (χ1) is 9.70. The highest BCUT2D eigenvalue weighted by atomic mass is 35.5. The summed E-state index contributed by atoms with van der Waals surface area (Å²) in [5, 5.41) is 8.90. The molecule has 0 unspecified atom stereocenters. The van der Waals surface area contributed by atoms with E-state index in [1.54, 1.807) is 6.07 Å². The maximum Gasteiger partial charge on any atom is 0.240 e. The van der Waals surface area contributed by atoms with Crippen molar-refractivity contribution in [3.05, 3.63) is 45.4 Å². The number of nitrogens with two attached hydrogens (primary N) is 2. The number of nitrogens with one attached hydrogen (secondary N) is 1. The number of nitrogen functional groups attached to an aromatic ring is 1. The van der Waals surface area contributed by atoms with Crippen LogP contribution in [-0.2, 0) is 10.0 Å². The average Bonchev–Trinajstić information content (AvgIpc) is 2.36. The van der Waals surface area contributed by atoms with Gasteiger partial charge in [0.25, 0.3) is 0 Å². The van der Waals surface area contributed by atoms with Gasteiger partial charge in [0.05, 0.1) is 32.1 Å². The fraction of sp³-hybridized carbons (Fsp3) is 0. The van der Waals surface area contributed by atoms with Gasteiger partial charge in [0.2, 0.25) is 10.0 Å². The average molecular weight is 367 g/mol. The lowest BCUT2D eigenvalue weighted by Gasteiger charge is -2.13. The van der Waals surface area contributed by atoms with E-state index in [2.05, 4.69) is 5.32 Å². The molecule has 0 amide bonds. The van der Waals surface area contributed by atoms with E-state index in [-0.39, 0.29) is 10.6 Å². The lowest BCUT2D eigenvalue weighted by atomic mass is 10.2. The Bertz CT molecular complexity index is 810. The van der Waals surface area contributed by atoms with Crippen molar-refractivity contribution >= 4 is 61.9 Å². The third-order valence-corrected chi connectivity index (χ3v) is 4.66. The summed E-state index contributed by atoms with van der Waals surface area (Å²) in [4.78, 5) is -0.177. The van der Waals surface area contributed by atoms with E-state index in [0.29, 0.717) is 26.4 Å². The minimum absolute atomic E-state index is 0.0119. The van der Waals surface area contributed by atoms with E-state index >= 15 is 0 Å². The zero-order valence-electron chi connectivity index (χ0n) is 10.4. The van der Waals surface area contributed by atoms with E-state index in [0.717, 1.165) is 0 Å². The Hall–Kier alpha value is -1.18. The molecule has 0 aliphatic carbocycles. The van der Waals surface area contributed by atoms with Gasteiger partial charge in [-0.3, -0.25) is 0 Å². The van der Waals surface area contributed by atoms with Gasteiger partial charge in [0.15, 0.2) is 0 Å². The van der Waals surface area contributed by atoms with Crippen molar-refractivity contribution in [2.24, 2.45) is 5.14 Å². The van der Waals surface area contributed by atoms with Crippen molar-refractivity contribution in [3.63, 3.8) is 0 Å². The van der Waals surface area contributed by atoms with E-state index in [1.165, 1.54) is 24.3 Å². The molecule has 2 aromatic rings. The smallest absolute Gasteiger partial charge is 0.240 e. The second-order valence-corrected chi connectivity index (χ2v) is 6.89. The van der Waals surface area contributed by atoms with Crippen LogP contribution in [0.5, 0.6) is 0 Å². The van der Waals surface area contributed by atoms with Crippen LogP contribution in [0.3, 0.4) is 0 Å². The van der Waals surface area contributed by atoms with Gasteiger partial charge in [0, 0.05) is 0 Å². The highest BCUT2D eigenvalue weighted by molar-refractivity contribution is 7.89. The summed E-state index contributed by atoms with van der Waals surface area (Å²) in [7, 11) is -3.92. The zero-order valence-corrected chi connectivity index (χ0v) is 13.5. The lowest BCUT2D eigenvalue weighted by molar-refractivity contribution is 0.598. The number of primary sulfonamides is 1. The maximum atomic E-state index is 11.4. The number of sulfonamides is 1. The quantitative estimate of drug-likeness (QED) is 0.570. The molecular weight excluding hydrogens is 357 g/mol. The Balaban J connectivity index is 2.49. The Morgan fingerprint density at radius 1 is 0.952 bits per heavy atom. The standard InChI is InChI=1S/C12H10Cl3N3O2S/c13-6-4-8(15)10(5-7(6)14)18-9-2-1-3-11(12(9)16)21(17,19)20/h1-5,18H,16H2,(H2,17,19,20). The van der Waals surface area contributed by atoms with Crippen molar-refractivity contribution in [2.75, 3.05) is 11.1 Å². The van der Waals surface area contributed by atoms with Crippen LogP contribution in [0.15, 0.2) is 35.2 Å². The van der Waals surface area contributed by atoms with Crippen LogP contribution >= 0.6 is 34.8 Å². The molecule has 0 bridgehead atoms. The molecule has 0 aromatic heterocycles. The first-order valence-electron chi connectivity index (χ1n) is 5.53. The van der Waals surface area contributed by atoms with Gasteiger partial charge in [-0.2, -0.15) is 0 Å². The zero-order chi connectivity index (χ0) is 15.8. The van der Waals surface area contributed by atoms with Crippen LogP contribution in [0, 0.1) is 0 Å². The van der Waals surface area contributed by atoms with E-state index in [9.17, 15) is 8.42 Å². The predicted molar refractivity (Wildman–Crippen MR) is 87.0 cm³/mol. The molecule has 2 rings (SSSR count). The molecule has 9 heteroatoms. The summed E-state index contributed by atoms with van der Waals surface area (Å²) in [5.74, 6) is 0. The van der Waals surface area contributed by atoms with E-state index < -0.39 is 10.0 Å². The molecule has 5 nitrogen and oxygen atoms in total. The number of anilines is 3. The summed E-state index contributed by atoms with van der Waals surface area (Å²) in [5.41, 5.74) is 6.57. The first-order valence-corrected chi connectivity index (χ1v) is 8.21. The highest BCUT2D eigenvalue weighted by Gasteiger charge is 2.15. The molecule has 21 heavy (non-hydrogen) atoms. The molecule has 0 aliphatic rings. The summed E-state index contributed by atoms with van der Waals surface area (Å²) in [6, 6.07) is 7.38. The highest BCUT2D eigenvalue weighted by Crippen LogP contribution is 2.36. The molecule has 112 valence electrons. The normalized spacial score (nSPS) is 11.4. The van der Waals surface area contributed by atoms with Gasteiger partial charge < -0.3 is 11.1 Å². The van der Waals surface area contributed by atoms with E-state index in [1.807, 2.05) is 0 Å². The Morgan fingerprint density at radius 3 is 2.19 bits per heavy atom. The summed E-state index contributed by atoms with van der Waals surface area (Å²) in [6.07, 6.45) is 0. The number of hydrogen-bond acceptors (Lipinski definition) is 4. The number of benzene rings is 2. The topological polar surface area (TPSA) is 98.2 Å². The van der Waals surface area contributed by atoms with Crippen molar-refractivity contribution < 1.29 is 8.42 Å². The Labute approximate surface area is 136 Å². The predicted octanol–water partition coefficient (Wildman–Crippen LogP) is 3.62. The lowest BCUT2D eigenvalue weighted by Crippen LogP contribution is -2.15. The van der Waals surface area contributed by atoms with Crippen LogP contribution in [0.25, 0.3) is 0 Å². The van der Waals surface area contributed by atoms with Gasteiger partial charge in [-0.25, -0.2) is 13.6 Å². The Morgan fingerprint density at radius 2 is 1.57 bits per heavy atom. The van der Waals surface area contributed by atoms with Crippen molar-refractivity contribution in [1.82, 2.24) is 0 Å². The monoisotopic (exact) mass is 365 g/mol. The molecule has 0 fully saturated rings. The number of para-hydroxylation sites is 1. The largest absolute Gasteiger partial charge is 0.396 e. The molecular formula is C12H10Cl3N3O2S. The van der Waals surface area contributed by atoms with Crippen LogP contribution in [0.1, 0.15) is 0 Å². The van der Waals surface area contributed by atoms with Crippen LogP contribution in [0.4, 0.5) is 17.1 Å². The summed E-state index contributed by atoms with van der Waals surface area (Å²) >= 11 is 17.8. The van der Waals surface area contributed by atoms with Crippen molar-refractivity contribution in [2.45, 2.75) is 4.90 Å². The molecule has 0 saturated heterocycles. The minimum atomic E-state index is -3.92. The van der Waals surface area contributed by atoms with Gasteiger partial charge >= 0.3 is 0 Å². The molecule has 0 saturated carbocycles. The molecule has 5 N–H and O–H groups in total. The second kappa shape index (κ2) is 5.90. The maximum absolute atomic E-state index is 11.4. The summed E-state index contributed by atoms with van der Waals surface area (Å²) in [6.45, 7) is 0. The second-order valence-electron chi connectivity index (χ2n) is 4.13. The van der Waals surface area contributed by atoms with Crippen LogP contribution < -0.4 is 16.2 Å². The summed E-state index contributed by atoms with van der Waals surface area (Å²) < 4.78 is 22.9. The fourth-order valence-electron chi connectivity index (χ4n) is 1.66.